The van der Waals surface area contributed by atoms with Crippen LogP contribution in [0.2, 0.25) is 0 Å². The number of hydrogen-bond acceptors (Lipinski definition) is 6. The molecule has 0 bridgehead atoms. The number of anilines is 1. The first kappa shape index (κ1) is 16.1. The molecule has 3 rings (SSSR count). The number of fused-ring (bicyclic) bond motifs is 1. The van der Waals surface area contributed by atoms with Crippen molar-refractivity contribution >= 4 is 11.6 Å². The topological polar surface area (TPSA) is 97.5 Å². The van der Waals surface area contributed by atoms with Gasteiger partial charge >= 0.3 is 0 Å². The molecule has 0 saturated heterocycles. The molecule has 0 spiro atoms. The Balaban J connectivity index is 1.90. The predicted molar refractivity (Wildman–Crippen MR) is 88.0 cm³/mol. The van der Waals surface area contributed by atoms with Crippen LogP contribution >= 0.6 is 0 Å². The Hall–Kier alpha value is -2.74. The number of benzene rings is 1. The van der Waals surface area contributed by atoms with Crippen LogP contribution in [0.1, 0.15) is 21.7 Å². The first-order valence-electron chi connectivity index (χ1n) is 7.56. The van der Waals surface area contributed by atoms with Gasteiger partial charge in [-0.1, -0.05) is 0 Å². The van der Waals surface area contributed by atoms with E-state index < -0.39 is 0 Å². The maximum atomic E-state index is 12.6. The van der Waals surface area contributed by atoms with Crippen LogP contribution in [0.25, 0.3) is 0 Å². The van der Waals surface area contributed by atoms with Gasteiger partial charge in [0.2, 0.25) is 0 Å². The number of aromatic nitrogens is 2. The lowest BCUT2D eigenvalue weighted by atomic mass is 10.1. The normalized spacial score (nSPS) is 13.1. The zero-order valence-electron chi connectivity index (χ0n) is 13.9. The number of hydrogen-bond donors (Lipinski definition) is 3. The van der Waals surface area contributed by atoms with Crippen LogP contribution in [0.15, 0.2) is 12.1 Å². The second-order valence-electron chi connectivity index (χ2n) is 5.32. The maximum Gasteiger partial charge on any atom is 0.276 e. The summed E-state index contributed by atoms with van der Waals surface area (Å²) in [6.07, 6.45) is 0.829. The van der Waals surface area contributed by atoms with Gasteiger partial charge in [-0.3, -0.25) is 9.89 Å². The van der Waals surface area contributed by atoms with Crippen LogP contribution in [0, 0.1) is 0 Å². The number of nitrogens with one attached hydrogen (secondary N) is 3. The van der Waals surface area contributed by atoms with Gasteiger partial charge in [-0.2, -0.15) is 5.10 Å². The number of amides is 1. The summed E-state index contributed by atoms with van der Waals surface area (Å²) >= 11 is 0. The molecule has 8 nitrogen and oxygen atoms in total. The zero-order valence-corrected chi connectivity index (χ0v) is 13.9. The molecule has 0 fully saturated rings. The van der Waals surface area contributed by atoms with Gasteiger partial charge in [0.05, 0.1) is 27.0 Å². The predicted octanol–water partition coefficient (Wildman–Crippen LogP) is 1.33. The van der Waals surface area contributed by atoms with E-state index >= 15 is 0 Å². The molecule has 2 aromatic rings. The summed E-state index contributed by atoms with van der Waals surface area (Å²) < 4.78 is 15.8. The fraction of sp³-hybridized carbons (Fsp3) is 0.375. The van der Waals surface area contributed by atoms with Gasteiger partial charge < -0.3 is 24.8 Å². The molecule has 2 heterocycles. The van der Waals surface area contributed by atoms with Crippen LogP contribution in [0.3, 0.4) is 0 Å². The monoisotopic (exact) mass is 332 g/mol. The third-order valence-corrected chi connectivity index (χ3v) is 3.98. The molecule has 1 aliphatic heterocycles. The van der Waals surface area contributed by atoms with Gasteiger partial charge in [0.1, 0.15) is 5.75 Å². The van der Waals surface area contributed by atoms with E-state index in [1.807, 2.05) is 0 Å². The SMILES string of the molecule is COc1cc(OC)c(OC)cc1NC(=O)c1n[nH]c2c1CNCC2. The molecule has 0 atom stereocenters. The molecule has 0 saturated carbocycles. The lowest BCUT2D eigenvalue weighted by molar-refractivity contribution is 0.102. The van der Waals surface area contributed by atoms with Crippen LogP contribution in [-0.2, 0) is 13.0 Å². The number of nitrogens with zero attached hydrogens (tertiary/aromatic N) is 1. The Morgan fingerprint density at radius 3 is 2.54 bits per heavy atom. The smallest absolute Gasteiger partial charge is 0.276 e. The van der Waals surface area contributed by atoms with E-state index in [9.17, 15) is 4.79 Å². The second kappa shape index (κ2) is 6.79. The first-order valence-corrected chi connectivity index (χ1v) is 7.56. The van der Waals surface area contributed by atoms with Crippen molar-refractivity contribution in [2.45, 2.75) is 13.0 Å². The zero-order chi connectivity index (χ0) is 17.1. The van der Waals surface area contributed by atoms with Crippen LogP contribution in [0.4, 0.5) is 5.69 Å². The fourth-order valence-corrected chi connectivity index (χ4v) is 2.72. The van der Waals surface area contributed by atoms with Crippen molar-refractivity contribution in [2.24, 2.45) is 0 Å². The molecule has 0 unspecified atom stereocenters. The molecular weight excluding hydrogens is 312 g/mol. The standard InChI is InChI=1S/C16H20N4O4/c1-22-12-7-14(24-3)13(23-2)6-11(12)18-16(21)15-9-8-17-5-4-10(9)19-20-15/h6-7,17H,4-5,8H2,1-3H3,(H,18,21)(H,19,20). The highest BCUT2D eigenvalue weighted by Gasteiger charge is 2.23. The number of H-pyrrole nitrogens is 1. The van der Waals surface area contributed by atoms with Gasteiger partial charge in [0, 0.05) is 42.9 Å². The number of aromatic amines is 1. The Bertz CT molecular complexity index is 757. The Morgan fingerprint density at radius 2 is 1.83 bits per heavy atom. The average molecular weight is 332 g/mol. The lowest BCUT2D eigenvalue weighted by Gasteiger charge is -2.15. The highest BCUT2D eigenvalue weighted by Crippen LogP contribution is 2.38. The van der Waals surface area contributed by atoms with Gasteiger partial charge in [0.25, 0.3) is 5.91 Å². The van der Waals surface area contributed by atoms with E-state index in [-0.39, 0.29) is 5.91 Å². The van der Waals surface area contributed by atoms with Crippen molar-refractivity contribution < 1.29 is 19.0 Å². The van der Waals surface area contributed by atoms with E-state index in [4.69, 9.17) is 14.2 Å². The molecule has 24 heavy (non-hydrogen) atoms. The van der Waals surface area contributed by atoms with Gasteiger partial charge in [0.15, 0.2) is 17.2 Å². The van der Waals surface area contributed by atoms with Crippen LogP contribution in [-0.4, -0.2) is 44.0 Å². The first-order chi connectivity index (χ1) is 11.7. The molecular formula is C16H20N4O4. The lowest BCUT2D eigenvalue weighted by Crippen LogP contribution is -2.25. The molecule has 1 aliphatic rings. The molecule has 0 aliphatic carbocycles. The number of ether oxygens (including phenoxy) is 3. The number of carbonyl (C=O) groups excluding carboxylic acids is 1. The van der Waals surface area contributed by atoms with Crippen molar-refractivity contribution in [3.63, 3.8) is 0 Å². The quantitative estimate of drug-likeness (QED) is 0.764. The van der Waals surface area contributed by atoms with Crippen LogP contribution < -0.4 is 24.8 Å². The summed E-state index contributed by atoms with van der Waals surface area (Å²) in [5.41, 5.74) is 2.77. The highest BCUT2D eigenvalue weighted by atomic mass is 16.5. The fourth-order valence-electron chi connectivity index (χ4n) is 2.72. The minimum absolute atomic E-state index is 0.304. The molecule has 1 aromatic heterocycles. The van der Waals surface area contributed by atoms with E-state index in [1.54, 1.807) is 19.2 Å². The second-order valence-corrected chi connectivity index (χ2v) is 5.32. The summed E-state index contributed by atoms with van der Waals surface area (Å²) in [6, 6.07) is 3.32. The molecule has 8 heteroatoms. The molecule has 128 valence electrons. The van der Waals surface area contributed by atoms with Gasteiger partial charge in [-0.25, -0.2) is 0 Å². The Labute approximate surface area is 139 Å². The summed E-state index contributed by atoms with van der Waals surface area (Å²) in [5.74, 6) is 1.19. The van der Waals surface area contributed by atoms with Crippen molar-refractivity contribution in [3.05, 3.63) is 29.1 Å². The molecule has 1 aromatic carbocycles. The molecule has 3 N–H and O–H groups in total. The highest BCUT2D eigenvalue weighted by molar-refractivity contribution is 6.05. The Kier molecular flexibility index (Phi) is 4.57. The van der Waals surface area contributed by atoms with Gasteiger partial charge in [-0.15, -0.1) is 0 Å². The average Bonchev–Trinajstić information content (AvgIpc) is 3.05. The summed E-state index contributed by atoms with van der Waals surface area (Å²) in [7, 11) is 4.60. The summed E-state index contributed by atoms with van der Waals surface area (Å²) in [4.78, 5) is 12.6. The summed E-state index contributed by atoms with van der Waals surface area (Å²) in [5, 5.41) is 13.2. The van der Waals surface area contributed by atoms with Gasteiger partial charge in [-0.05, 0) is 0 Å². The van der Waals surface area contributed by atoms with Crippen molar-refractivity contribution in [3.8, 4) is 17.2 Å². The van der Waals surface area contributed by atoms with E-state index in [2.05, 4.69) is 20.8 Å². The van der Waals surface area contributed by atoms with Crippen LogP contribution in [0.5, 0.6) is 17.2 Å². The minimum Gasteiger partial charge on any atom is -0.494 e. The maximum absolute atomic E-state index is 12.6. The number of carbonyl (C=O) groups is 1. The molecule has 1 amide bonds. The van der Waals surface area contributed by atoms with E-state index in [1.165, 1.54) is 14.2 Å². The van der Waals surface area contributed by atoms with Crippen molar-refractivity contribution in [1.29, 1.82) is 0 Å². The van der Waals surface area contributed by atoms with Crippen molar-refractivity contribution in [2.75, 3.05) is 33.2 Å². The van der Waals surface area contributed by atoms with E-state index in [0.29, 0.717) is 35.2 Å². The third-order valence-electron chi connectivity index (χ3n) is 3.98. The Morgan fingerprint density at radius 1 is 1.12 bits per heavy atom. The third kappa shape index (κ3) is 2.88. The summed E-state index contributed by atoms with van der Waals surface area (Å²) in [6.45, 7) is 1.50. The number of rotatable bonds is 5. The largest absolute Gasteiger partial charge is 0.494 e. The number of methoxy groups -OCH3 is 3. The minimum atomic E-state index is -0.304. The van der Waals surface area contributed by atoms with Crippen molar-refractivity contribution in [1.82, 2.24) is 15.5 Å². The molecule has 0 radical (unpaired) electrons. The van der Waals surface area contributed by atoms with E-state index in [0.717, 1.165) is 24.2 Å².